The molecule has 3 aromatic heterocycles. The van der Waals surface area contributed by atoms with Crippen molar-refractivity contribution in [3.63, 3.8) is 0 Å². The maximum atomic E-state index is 12.0. The SMILES string of the molecule is O=C(NCCc1nnc2ccccn12)c1ccc[nH]c1=S. The molecule has 0 unspecified atom stereocenters. The maximum absolute atomic E-state index is 12.0. The molecule has 106 valence electrons. The zero-order valence-corrected chi connectivity index (χ0v) is 11.9. The number of rotatable bonds is 4. The van der Waals surface area contributed by atoms with Crippen LogP contribution in [0.15, 0.2) is 42.7 Å². The quantitative estimate of drug-likeness (QED) is 0.720. The molecule has 0 saturated carbocycles. The number of aromatic amines is 1. The van der Waals surface area contributed by atoms with Crippen molar-refractivity contribution in [1.82, 2.24) is 24.9 Å². The third-order valence-corrected chi connectivity index (χ3v) is 3.42. The Labute approximate surface area is 125 Å². The van der Waals surface area contributed by atoms with Crippen LogP contribution >= 0.6 is 12.2 Å². The van der Waals surface area contributed by atoms with E-state index in [0.717, 1.165) is 11.5 Å². The van der Waals surface area contributed by atoms with Gasteiger partial charge >= 0.3 is 0 Å². The zero-order valence-electron chi connectivity index (χ0n) is 11.1. The molecule has 3 rings (SSSR count). The first-order valence-electron chi connectivity index (χ1n) is 6.50. The van der Waals surface area contributed by atoms with Gasteiger partial charge in [-0.05, 0) is 24.3 Å². The van der Waals surface area contributed by atoms with Crippen molar-refractivity contribution in [2.45, 2.75) is 6.42 Å². The number of nitrogens with zero attached hydrogens (tertiary/aromatic N) is 3. The Morgan fingerprint density at radius 1 is 1.29 bits per heavy atom. The van der Waals surface area contributed by atoms with Crippen molar-refractivity contribution < 1.29 is 4.79 Å². The van der Waals surface area contributed by atoms with E-state index in [-0.39, 0.29) is 5.91 Å². The van der Waals surface area contributed by atoms with Crippen molar-refractivity contribution in [2.75, 3.05) is 6.54 Å². The van der Waals surface area contributed by atoms with Gasteiger partial charge < -0.3 is 10.3 Å². The van der Waals surface area contributed by atoms with Crippen LogP contribution in [0.4, 0.5) is 0 Å². The van der Waals surface area contributed by atoms with E-state index in [0.29, 0.717) is 23.2 Å². The number of hydrogen-bond acceptors (Lipinski definition) is 4. The van der Waals surface area contributed by atoms with Crippen LogP contribution < -0.4 is 5.32 Å². The Balaban J connectivity index is 1.65. The van der Waals surface area contributed by atoms with Gasteiger partial charge in [-0.15, -0.1) is 10.2 Å². The molecule has 3 aromatic rings. The first-order chi connectivity index (χ1) is 10.3. The Hall–Kier alpha value is -2.54. The second-order valence-corrected chi connectivity index (χ2v) is 4.87. The first-order valence-corrected chi connectivity index (χ1v) is 6.91. The van der Waals surface area contributed by atoms with Crippen molar-refractivity contribution in [3.05, 3.63) is 58.8 Å². The number of nitrogens with one attached hydrogen (secondary N) is 2. The predicted molar refractivity (Wildman–Crippen MR) is 80.7 cm³/mol. The molecule has 3 heterocycles. The van der Waals surface area contributed by atoms with E-state index in [1.165, 1.54) is 0 Å². The largest absolute Gasteiger partial charge is 0.352 e. The number of H-pyrrole nitrogens is 1. The predicted octanol–water partition coefficient (Wildman–Crippen LogP) is 1.76. The molecular formula is C14H13N5OS. The Kier molecular flexibility index (Phi) is 3.74. The standard InChI is InChI=1S/C14H13N5OS/c20-13(10-4-3-7-16-14(10)21)15-8-6-12-18-17-11-5-1-2-9-19(11)12/h1-5,7,9H,6,8H2,(H,15,20)(H,16,21). The van der Waals surface area contributed by atoms with Crippen LogP contribution in [0.2, 0.25) is 0 Å². The summed E-state index contributed by atoms with van der Waals surface area (Å²) in [7, 11) is 0. The number of carbonyl (C=O) groups is 1. The van der Waals surface area contributed by atoms with Gasteiger partial charge in [-0.3, -0.25) is 9.20 Å². The lowest BCUT2D eigenvalue weighted by Gasteiger charge is -2.04. The summed E-state index contributed by atoms with van der Waals surface area (Å²) in [5.41, 5.74) is 1.27. The number of pyridine rings is 2. The summed E-state index contributed by atoms with van der Waals surface area (Å²) in [4.78, 5) is 14.9. The molecule has 0 radical (unpaired) electrons. The second kappa shape index (κ2) is 5.84. The molecule has 2 N–H and O–H groups in total. The molecule has 0 aliphatic rings. The molecule has 0 saturated heterocycles. The van der Waals surface area contributed by atoms with Crippen LogP contribution in [0.1, 0.15) is 16.2 Å². The number of carbonyl (C=O) groups excluding carboxylic acids is 1. The van der Waals surface area contributed by atoms with Gasteiger partial charge in [0.05, 0.1) is 5.56 Å². The van der Waals surface area contributed by atoms with Gasteiger partial charge in [0.1, 0.15) is 10.5 Å². The monoisotopic (exact) mass is 299 g/mol. The Morgan fingerprint density at radius 2 is 2.19 bits per heavy atom. The zero-order chi connectivity index (χ0) is 14.7. The highest BCUT2D eigenvalue weighted by Crippen LogP contribution is 2.03. The Bertz CT molecular complexity index is 838. The van der Waals surface area contributed by atoms with Crippen LogP contribution in [0.3, 0.4) is 0 Å². The maximum Gasteiger partial charge on any atom is 0.254 e. The minimum atomic E-state index is -0.189. The first kappa shape index (κ1) is 13.4. The molecule has 7 heteroatoms. The van der Waals surface area contributed by atoms with Gasteiger partial charge in [0.15, 0.2) is 5.65 Å². The number of aromatic nitrogens is 4. The molecule has 0 fully saturated rings. The fourth-order valence-electron chi connectivity index (χ4n) is 2.04. The molecule has 0 aromatic carbocycles. The van der Waals surface area contributed by atoms with Crippen molar-refractivity contribution in [3.8, 4) is 0 Å². The molecule has 1 amide bonds. The lowest BCUT2D eigenvalue weighted by atomic mass is 10.2. The molecule has 0 aliphatic heterocycles. The lowest BCUT2D eigenvalue weighted by molar-refractivity contribution is 0.0953. The molecule has 0 atom stereocenters. The summed E-state index contributed by atoms with van der Waals surface area (Å²) in [6.45, 7) is 0.470. The van der Waals surface area contributed by atoms with Gasteiger partial charge in [0, 0.05) is 25.4 Å². The second-order valence-electron chi connectivity index (χ2n) is 4.46. The number of fused-ring (bicyclic) bond motifs is 1. The summed E-state index contributed by atoms with van der Waals surface area (Å²) in [5, 5.41) is 11.0. The normalized spacial score (nSPS) is 10.7. The van der Waals surface area contributed by atoms with Crippen LogP contribution in [0, 0.1) is 4.64 Å². The molecule has 0 aliphatic carbocycles. The van der Waals surface area contributed by atoms with Crippen LogP contribution in [0.25, 0.3) is 5.65 Å². The third kappa shape index (κ3) is 2.82. The third-order valence-electron chi connectivity index (χ3n) is 3.08. The fraction of sp³-hybridized carbons (Fsp3) is 0.143. The van der Waals surface area contributed by atoms with Crippen LogP contribution in [-0.2, 0) is 6.42 Å². The van der Waals surface area contributed by atoms with Crippen molar-refractivity contribution >= 4 is 23.8 Å². The lowest BCUT2D eigenvalue weighted by Crippen LogP contribution is -2.26. The highest BCUT2D eigenvalue weighted by atomic mass is 32.1. The summed E-state index contributed by atoms with van der Waals surface area (Å²) < 4.78 is 2.34. The Morgan fingerprint density at radius 3 is 3.05 bits per heavy atom. The van der Waals surface area contributed by atoms with Gasteiger partial charge in [-0.25, -0.2) is 0 Å². The summed E-state index contributed by atoms with van der Waals surface area (Å²) in [6.07, 6.45) is 4.20. The molecule has 0 spiro atoms. The minimum Gasteiger partial charge on any atom is -0.352 e. The molecular weight excluding hydrogens is 286 g/mol. The van der Waals surface area contributed by atoms with Gasteiger partial charge in [0.2, 0.25) is 0 Å². The van der Waals surface area contributed by atoms with E-state index in [1.54, 1.807) is 18.3 Å². The average Bonchev–Trinajstić information content (AvgIpc) is 2.91. The topological polar surface area (TPSA) is 75.1 Å². The van der Waals surface area contributed by atoms with E-state index in [4.69, 9.17) is 12.2 Å². The summed E-state index contributed by atoms with van der Waals surface area (Å²) >= 11 is 5.08. The van der Waals surface area contributed by atoms with E-state index >= 15 is 0 Å². The van der Waals surface area contributed by atoms with Gasteiger partial charge in [0.25, 0.3) is 5.91 Å². The van der Waals surface area contributed by atoms with E-state index in [9.17, 15) is 4.79 Å². The highest BCUT2D eigenvalue weighted by molar-refractivity contribution is 7.71. The minimum absolute atomic E-state index is 0.189. The van der Waals surface area contributed by atoms with Crippen molar-refractivity contribution in [1.29, 1.82) is 0 Å². The van der Waals surface area contributed by atoms with Crippen molar-refractivity contribution in [2.24, 2.45) is 0 Å². The average molecular weight is 299 g/mol. The highest BCUT2D eigenvalue weighted by Gasteiger charge is 2.08. The number of amides is 1. The van der Waals surface area contributed by atoms with E-state index < -0.39 is 0 Å². The summed E-state index contributed by atoms with van der Waals surface area (Å²) in [5.74, 6) is 0.620. The van der Waals surface area contributed by atoms with Gasteiger partial charge in [-0.2, -0.15) is 0 Å². The number of hydrogen-bond donors (Lipinski definition) is 2. The molecule has 6 nitrogen and oxygen atoms in total. The summed E-state index contributed by atoms with van der Waals surface area (Å²) in [6, 6.07) is 9.16. The van der Waals surface area contributed by atoms with Gasteiger partial charge in [-0.1, -0.05) is 18.3 Å². The van der Waals surface area contributed by atoms with Crippen LogP contribution in [-0.4, -0.2) is 32.0 Å². The molecule has 21 heavy (non-hydrogen) atoms. The van der Waals surface area contributed by atoms with E-state index in [2.05, 4.69) is 20.5 Å². The molecule has 0 bridgehead atoms. The van der Waals surface area contributed by atoms with Crippen LogP contribution in [0.5, 0.6) is 0 Å². The fourth-order valence-corrected chi connectivity index (χ4v) is 2.27. The smallest absolute Gasteiger partial charge is 0.254 e. The van der Waals surface area contributed by atoms with E-state index in [1.807, 2.05) is 28.8 Å².